The lowest BCUT2D eigenvalue weighted by Crippen LogP contribution is -2.47. The lowest BCUT2D eigenvalue weighted by atomic mass is 10.1. The zero-order valence-electron chi connectivity index (χ0n) is 17.5. The van der Waals surface area contributed by atoms with Gasteiger partial charge in [0.1, 0.15) is 17.4 Å². The summed E-state index contributed by atoms with van der Waals surface area (Å²) in [5.74, 6) is 0.977. The van der Waals surface area contributed by atoms with Gasteiger partial charge in [-0.3, -0.25) is 9.69 Å². The molecule has 158 valence electrons. The summed E-state index contributed by atoms with van der Waals surface area (Å²) in [5.41, 5.74) is 2.49. The van der Waals surface area contributed by atoms with Gasteiger partial charge in [-0.25, -0.2) is 4.98 Å². The Kier molecular flexibility index (Phi) is 4.26. The first kappa shape index (κ1) is 18.8. The molecule has 3 aliphatic rings. The summed E-state index contributed by atoms with van der Waals surface area (Å²) in [6.07, 6.45) is 1.29. The number of carbonyl (C=O) groups excluding carboxylic acids is 1. The maximum atomic E-state index is 12.9. The van der Waals surface area contributed by atoms with Crippen LogP contribution in [0.25, 0.3) is 10.9 Å². The van der Waals surface area contributed by atoms with Crippen LogP contribution in [0.5, 0.6) is 5.75 Å². The Morgan fingerprint density at radius 3 is 2.84 bits per heavy atom. The van der Waals surface area contributed by atoms with Crippen LogP contribution in [0, 0.1) is 0 Å². The first-order valence-corrected chi connectivity index (χ1v) is 10.9. The van der Waals surface area contributed by atoms with Gasteiger partial charge in [-0.15, -0.1) is 0 Å². The van der Waals surface area contributed by atoms with Crippen LogP contribution < -0.4 is 4.74 Å². The van der Waals surface area contributed by atoms with Crippen molar-refractivity contribution >= 4 is 16.8 Å². The molecule has 6 nitrogen and oxygen atoms in total. The van der Waals surface area contributed by atoms with E-state index in [1.165, 1.54) is 0 Å². The number of hydrogen-bond donors (Lipinski definition) is 0. The Bertz CT molecular complexity index is 1150. The molecular formula is C25H25N3O3. The van der Waals surface area contributed by atoms with Crippen molar-refractivity contribution in [3.8, 4) is 5.75 Å². The molecule has 0 radical (unpaired) electrons. The van der Waals surface area contributed by atoms with Crippen LogP contribution in [0.4, 0.5) is 0 Å². The molecule has 6 rings (SSSR count). The van der Waals surface area contributed by atoms with Crippen LogP contribution in [0.1, 0.15) is 30.2 Å². The monoisotopic (exact) mass is 415 g/mol. The molecule has 0 N–H and O–H groups in total. The Morgan fingerprint density at radius 1 is 1.13 bits per heavy atom. The quantitative estimate of drug-likeness (QED) is 0.653. The Labute approximate surface area is 181 Å². The highest BCUT2D eigenvalue weighted by atomic mass is 16.5. The van der Waals surface area contributed by atoms with E-state index < -0.39 is 5.72 Å². The molecule has 3 aliphatic heterocycles. The van der Waals surface area contributed by atoms with E-state index in [1.807, 2.05) is 41.3 Å². The number of pyridine rings is 1. The van der Waals surface area contributed by atoms with Crippen LogP contribution in [0.15, 0.2) is 60.7 Å². The maximum absolute atomic E-state index is 12.9. The first-order chi connectivity index (χ1) is 15.2. The SMILES string of the molecule is COc1cccc2ccc(CN3CC[C@@]45O[C@@H](c6ccccc6)CN4C(=O)C[C@@H]35)nc12. The van der Waals surface area contributed by atoms with Gasteiger partial charge in [0.2, 0.25) is 5.91 Å². The van der Waals surface area contributed by atoms with Gasteiger partial charge < -0.3 is 14.4 Å². The molecule has 6 heteroatoms. The Morgan fingerprint density at radius 2 is 2.00 bits per heavy atom. The van der Waals surface area contributed by atoms with Gasteiger partial charge in [0.25, 0.3) is 0 Å². The van der Waals surface area contributed by atoms with E-state index in [4.69, 9.17) is 14.5 Å². The molecule has 1 aromatic heterocycles. The molecule has 1 amide bonds. The van der Waals surface area contributed by atoms with Crippen LogP contribution in [-0.4, -0.2) is 52.7 Å². The number of fused-ring (bicyclic) bond motifs is 1. The lowest BCUT2D eigenvalue weighted by molar-refractivity contribution is -0.138. The van der Waals surface area contributed by atoms with Crippen molar-refractivity contribution in [1.29, 1.82) is 0 Å². The Balaban J connectivity index is 1.27. The summed E-state index contributed by atoms with van der Waals surface area (Å²) in [5, 5.41) is 1.06. The van der Waals surface area contributed by atoms with Crippen molar-refractivity contribution in [3.05, 3.63) is 71.9 Å². The predicted molar refractivity (Wildman–Crippen MR) is 116 cm³/mol. The molecule has 0 saturated carbocycles. The van der Waals surface area contributed by atoms with E-state index in [-0.39, 0.29) is 18.1 Å². The number of aromatic nitrogens is 1. The standard InChI is InChI=1S/C25H25N3O3/c1-30-20-9-5-8-18-10-11-19(26-24(18)20)15-27-13-12-25-22(27)14-23(29)28(25)16-21(31-25)17-6-3-2-4-7-17/h2-11,21-22H,12-16H2,1H3/t21-,22-,25+/m1/s1. The summed E-state index contributed by atoms with van der Waals surface area (Å²) in [7, 11) is 1.67. The summed E-state index contributed by atoms with van der Waals surface area (Å²) in [4.78, 5) is 22.1. The topological polar surface area (TPSA) is 54.9 Å². The molecule has 4 heterocycles. The third-order valence-corrected chi connectivity index (χ3v) is 7.04. The van der Waals surface area contributed by atoms with Gasteiger partial charge in [-0.1, -0.05) is 48.5 Å². The third kappa shape index (κ3) is 2.86. The number of hydrogen-bond acceptors (Lipinski definition) is 5. The molecule has 0 unspecified atom stereocenters. The number of ether oxygens (including phenoxy) is 2. The van der Waals surface area contributed by atoms with Crippen molar-refractivity contribution in [2.75, 3.05) is 20.2 Å². The zero-order chi connectivity index (χ0) is 21.0. The molecule has 3 aromatic rings. The molecule has 3 saturated heterocycles. The van der Waals surface area contributed by atoms with Gasteiger partial charge in [0.05, 0.1) is 25.4 Å². The van der Waals surface area contributed by atoms with Crippen molar-refractivity contribution in [3.63, 3.8) is 0 Å². The van der Waals surface area contributed by atoms with E-state index in [0.29, 0.717) is 19.5 Å². The summed E-state index contributed by atoms with van der Waals surface area (Å²) in [6, 6.07) is 20.4. The number of nitrogens with zero attached hydrogens (tertiary/aromatic N) is 3. The highest BCUT2D eigenvalue weighted by Gasteiger charge is 2.63. The number of rotatable bonds is 4. The van der Waals surface area contributed by atoms with Gasteiger partial charge in [0.15, 0.2) is 5.72 Å². The maximum Gasteiger partial charge on any atom is 0.226 e. The number of benzene rings is 2. The second-order valence-corrected chi connectivity index (χ2v) is 8.64. The first-order valence-electron chi connectivity index (χ1n) is 10.9. The van der Waals surface area contributed by atoms with E-state index in [0.717, 1.165) is 40.9 Å². The second kappa shape index (κ2) is 7.04. The minimum Gasteiger partial charge on any atom is -0.494 e. The van der Waals surface area contributed by atoms with Crippen LogP contribution in [0.2, 0.25) is 0 Å². The number of likely N-dealkylation sites (tertiary alicyclic amines) is 1. The smallest absolute Gasteiger partial charge is 0.226 e. The van der Waals surface area contributed by atoms with Crippen molar-refractivity contribution in [2.24, 2.45) is 0 Å². The van der Waals surface area contributed by atoms with E-state index in [1.54, 1.807) is 7.11 Å². The van der Waals surface area contributed by atoms with Gasteiger partial charge in [-0.2, -0.15) is 0 Å². The Hall–Kier alpha value is -2.96. The zero-order valence-corrected chi connectivity index (χ0v) is 17.5. The fourth-order valence-corrected chi connectivity index (χ4v) is 5.56. The third-order valence-electron chi connectivity index (χ3n) is 7.04. The predicted octanol–water partition coefficient (Wildman–Crippen LogP) is 3.52. The summed E-state index contributed by atoms with van der Waals surface area (Å²) in [6.45, 7) is 2.22. The molecule has 31 heavy (non-hydrogen) atoms. The highest BCUT2D eigenvalue weighted by Crippen LogP contribution is 2.50. The number of amides is 1. The average molecular weight is 415 g/mol. The van der Waals surface area contributed by atoms with Crippen molar-refractivity contribution < 1.29 is 14.3 Å². The lowest BCUT2D eigenvalue weighted by Gasteiger charge is -2.32. The van der Waals surface area contributed by atoms with E-state index >= 15 is 0 Å². The summed E-state index contributed by atoms with van der Waals surface area (Å²) >= 11 is 0. The fourth-order valence-electron chi connectivity index (χ4n) is 5.56. The van der Waals surface area contributed by atoms with Crippen molar-refractivity contribution in [1.82, 2.24) is 14.8 Å². The fraction of sp³-hybridized carbons (Fsp3) is 0.360. The highest BCUT2D eigenvalue weighted by molar-refractivity contribution is 5.84. The van der Waals surface area contributed by atoms with Crippen molar-refractivity contribution in [2.45, 2.75) is 37.3 Å². The average Bonchev–Trinajstić information content (AvgIpc) is 3.43. The molecule has 0 bridgehead atoms. The van der Waals surface area contributed by atoms with Crippen LogP contribution >= 0.6 is 0 Å². The van der Waals surface area contributed by atoms with Crippen LogP contribution in [-0.2, 0) is 16.1 Å². The van der Waals surface area contributed by atoms with Crippen LogP contribution in [0.3, 0.4) is 0 Å². The molecule has 3 atom stereocenters. The number of methoxy groups -OCH3 is 1. The molecular weight excluding hydrogens is 390 g/mol. The normalized spacial score (nSPS) is 27.6. The number of para-hydroxylation sites is 1. The molecule has 2 aromatic carbocycles. The largest absolute Gasteiger partial charge is 0.494 e. The molecule has 3 fully saturated rings. The summed E-state index contributed by atoms with van der Waals surface area (Å²) < 4.78 is 12.1. The minimum atomic E-state index is -0.508. The van der Waals surface area contributed by atoms with Gasteiger partial charge in [-0.05, 0) is 17.7 Å². The van der Waals surface area contributed by atoms with E-state index in [9.17, 15) is 4.79 Å². The second-order valence-electron chi connectivity index (χ2n) is 8.64. The molecule has 0 aliphatic carbocycles. The number of carbonyl (C=O) groups is 1. The minimum absolute atomic E-state index is 0.0591. The molecule has 1 spiro atoms. The van der Waals surface area contributed by atoms with Gasteiger partial charge in [0, 0.05) is 31.3 Å². The van der Waals surface area contributed by atoms with Gasteiger partial charge >= 0.3 is 0 Å². The van der Waals surface area contributed by atoms with E-state index in [2.05, 4.69) is 29.2 Å².